The fourth-order valence-electron chi connectivity index (χ4n) is 1.29. The normalized spacial score (nSPS) is 10.1. The minimum atomic E-state index is -0.0324. The van der Waals surface area contributed by atoms with Crippen LogP contribution >= 0.6 is 0 Å². The Morgan fingerprint density at radius 1 is 1.21 bits per heavy atom. The van der Waals surface area contributed by atoms with Crippen LogP contribution in [0.2, 0.25) is 0 Å². The van der Waals surface area contributed by atoms with Gasteiger partial charge >= 0.3 is 0 Å². The van der Waals surface area contributed by atoms with E-state index in [4.69, 9.17) is 8.83 Å². The summed E-state index contributed by atoms with van der Waals surface area (Å²) in [5, 5.41) is 0. The molecule has 4 nitrogen and oxygen atoms in total. The molecule has 102 valence electrons. The van der Waals surface area contributed by atoms with E-state index in [1.807, 2.05) is 37.3 Å². The van der Waals surface area contributed by atoms with Crippen molar-refractivity contribution in [2.75, 3.05) is 14.1 Å². The fourth-order valence-corrected chi connectivity index (χ4v) is 1.29. The van der Waals surface area contributed by atoms with Crippen molar-refractivity contribution in [2.24, 2.45) is 0 Å². The highest BCUT2D eigenvalue weighted by molar-refractivity contribution is 5.91. The van der Waals surface area contributed by atoms with Gasteiger partial charge in [0, 0.05) is 27.4 Å². The molecule has 0 aliphatic rings. The van der Waals surface area contributed by atoms with E-state index in [1.165, 1.54) is 13.2 Å². The Hall–Kier alpha value is -2.23. The summed E-state index contributed by atoms with van der Waals surface area (Å²) in [6, 6.07) is 7.21. The third kappa shape index (κ3) is 6.31. The molecule has 2 rings (SSSR count). The van der Waals surface area contributed by atoms with Crippen LogP contribution in [0.5, 0.6) is 0 Å². The van der Waals surface area contributed by atoms with Gasteiger partial charge in [-0.15, -0.1) is 0 Å². The van der Waals surface area contributed by atoms with E-state index in [9.17, 15) is 4.79 Å². The van der Waals surface area contributed by atoms with Gasteiger partial charge in [-0.3, -0.25) is 4.79 Å². The first kappa shape index (κ1) is 14.8. The number of ketones is 1. The monoisotopic (exact) mass is 261 g/mol. The summed E-state index contributed by atoms with van der Waals surface area (Å²) in [4.78, 5) is 12.4. The lowest BCUT2D eigenvalue weighted by atomic mass is 10.3. The molecule has 0 radical (unpaired) electrons. The maximum absolute atomic E-state index is 10.4. The van der Waals surface area contributed by atoms with Crippen molar-refractivity contribution in [1.29, 1.82) is 0 Å². The Kier molecular flexibility index (Phi) is 6.22. The third-order valence-corrected chi connectivity index (χ3v) is 2.17. The second-order valence-electron chi connectivity index (χ2n) is 4.17. The Morgan fingerprint density at radius 3 is 2.32 bits per heavy atom. The van der Waals surface area contributed by atoms with Crippen LogP contribution in [0.3, 0.4) is 0 Å². The van der Waals surface area contributed by atoms with Crippen LogP contribution < -0.4 is 0 Å². The van der Waals surface area contributed by atoms with E-state index in [0.29, 0.717) is 5.76 Å². The summed E-state index contributed by atoms with van der Waals surface area (Å²) in [5.74, 6) is 1.39. The molecule has 0 fully saturated rings. The molecule has 2 aromatic rings. The number of hydrogen-bond acceptors (Lipinski definition) is 4. The highest BCUT2D eigenvalue weighted by Gasteiger charge is 1.97. The molecule has 0 unspecified atom stereocenters. The maximum atomic E-state index is 10.4. The van der Waals surface area contributed by atoms with Crippen LogP contribution in [0.1, 0.15) is 23.2 Å². The topological polar surface area (TPSA) is 46.6 Å². The molecule has 0 amide bonds. The van der Waals surface area contributed by atoms with Crippen LogP contribution in [-0.4, -0.2) is 24.8 Å². The molecule has 0 saturated heterocycles. The maximum Gasteiger partial charge on any atom is 0.194 e. The van der Waals surface area contributed by atoms with Crippen molar-refractivity contribution >= 4 is 5.78 Å². The number of nitrogens with zero attached hydrogens (tertiary/aromatic N) is 1. The number of carbonyl (C=O) groups is 1. The lowest BCUT2D eigenvalue weighted by Gasteiger charge is -2.01. The van der Waals surface area contributed by atoms with E-state index < -0.39 is 0 Å². The molecule has 0 aromatic carbocycles. The quantitative estimate of drug-likeness (QED) is 0.791. The first-order valence-corrected chi connectivity index (χ1v) is 5.99. The van der Waals surface area contributed by atoms with Gasteiger partial charge in [0.15, 0.2) is 11.5 Å². The average Bonchev–Trinajstić information content (AvgIpc) is 3.02. The molecule has 19 heavy (non-hydrogen) atoms. The number of allylic oxidation sites excluding steroid dienone is 1. The smallest absolute Gasteiger partial charge is 0.194 e. The van der Waals surface area contributed by atoms with Crippen molar-refractivity contribution in [2.45, 2.75) is 13.3 Å². The molecular formula is C15H19NO3. The first-order valence-electron chi connectivity index (χ1n) is 5.99. The highest BCUT2D eigenvalue weighted by atomic mass is 16.3. The number of furan rings is 2. The Labute approximate surface area is 113 Å². The zero-order valence-corrected chi connectivity index (χ0v) is 11.5. The van der Waals surface area contributed by atoms with Gasteiger partial charge in [0.05, 0.1) is 12.5 Å². The molecule has 0 bridgehead atoms. The first-order chi connectivity index (χ1) is 9.09. The predicted molar refractivity (Wildman–Crippen MR) is 74.0 cm³/mol. The SMILES string of the molecule is CC(=O)c1ccco1.CN(C)C=CCc1ccco1. The highest BCUT2D eigenvalue weighted by Crippen LogP contribution is 2.01. The standard InChI is InChI=1S/C9H13NO.C6H6O2/c1-10(2)7-3-5-9-6-4-8-11-9;1-5(7)6-3-2-4-8-6/h3-4,6-8H,5H2,1-2H3;2-4H,1H3. The van der Waals surface area contributed by atoms with Crippen molar-refractivity contribution < 1.29 is 13.6 Å². The molecule has 0 N–H and O–H groups in total. The molecular weight excluding hydrogens is 242 g/mol. The van der Waals surface area contributed by atoms with Gasteiger partial charge in [-0.05, 0) is 30.5 Å². The van der Waals surface area contributed by atoms with Crippen LogP contribution in [0.4, 0.5) is 0 Å². The molecule has 0 atom stereocenters. The molecule has 0 aliphatic heterocycles. The predicted octanol–water partition coefficient (Wildman–Crippen LogP) is 3.38. The third-order valence-electron chi connectivity index (χ3n) is 2.17. The van der Waals surface area contributed by atoms with Gasteiger partial charge in [0.2, 0.25) is 0 Å². The minimum absolute atomic E-state index is 0.0324. The zero-order chi connectivity index (χ0) is 14.1. The van der Waals surface area contributed by atoms with Gasteiger partial charge in [-0.25, -0.2) is 0 Å². The van der Waals surface area contributed by atoms with Gasteiger partial charge in [-0.2, -0.15) is 0 Å². The Morgan fingerprint density at radius 2 is 1.89 bits per heavy atom. The Bertz CT molecular complexity index is 481. The van der Waals surface area contributed by atoms with Crippen molar-refractivity contribution in [3.05, 3.63) is 60.6 Å². The second-order valence-corrected chi connectivity index (χ2v) is 4.17. The lowest BCUT2D eigenvalue weighted by Crippen LogP contribution is -1.99. The number of Topliss-reactive ketones (excluding diaryl/α,β-unsaturated/α-hetero) is 1. The summed E-state index contributed by atoms with van der Waals surface area (Å²) in [5.41, 5.74) is 0. The zero-order valence-electron chi connectivity index (χ0n) is 11.5. The summed E-state index contributed by atoms with van der Waals surface area (Å²) in [6.07, 6.45) is 8.13. The second kappa shape index (κ2) is 7.97. The molecule has 2 aromatic heterocycles. The van der Waals surface area contributed by atoms with Gasteiger partial charge < -0.3 is 13.7 Å². The van der Waals surface area contributed by atoms with Crippen LogP contribution in [-0.2, 0) is 6.42 Å². The Balaban J connectivity index is 0.000000200. The molecule has 2 heterocycles. The minimum Gasteiger partial charge on any atom is -0.469 e. The average molecular weight is 261 g/mol. The van der Waals surface area contributed by atoms with Crippen LogP contribution in [0.15, 0.2) is 57.9 Å². The molecule has 4 heteroatoms. The summed E-state index contributed by atoms with van der Waals surface area (Å²) in [7, 11) is 4.00. The molecule has 0 spiro atoms. The lowest BCUT2D eigenvalue weighted by molar-refractivity contribution is 0.0987. The van der Waals surface area contributed by atoms with Gasteiger partial charge in [0.25, 0.3) is 0 Å². The summed E-state index contributed by atoms with van der Waals surface area (Å²) in [6.45, 7) is 1.47. The number of rotatable bonds is 4. The molecule has 0 saturated carbocycles. The van der Waals surface area contributed by atoms with Gasteiger partial charge in [0.1, 0.15) is 5.76 Å². The van der Waals surface area contributed by atoms with Crippen LogP contribution in [0.25, 0.3) is 0 Å². The largest absolute Gasteiger partial charge is 0.469 e. The van der Waals surface area contributed by atoms with E-state index >= 15 is 0 Å². The number of hydrogen-bond donors (Lipinski definition) is 0. The summed E-state index contributed by atoms with van der Waals surface area (Å²) < 4.78 is 9.89. The molecule has 0 aliphatic carbocycles. The van der Waals surface area contributed by atoms with E-state index in [-0.39, 0.29) is 5.78 Å². The van der Waals surface area contributed by atoms with Crippen molar-refractivity contribution in [3.8, 4) is 0 Å². The van der Waals surface area contributed by atoms with Crippen molar-refractivity contribution in [1.82, 2.24) is 4.90 Å². The summed E-state index contributed by atoms with van der Waals surface area (Å²) >= 11 is 0. The van der Waals surface area contributed by atoms with E-state index in [2.05, 4.69) is 6.08 Å². The number of carbonyl (C=O) groups excluding carboxylic acids is 1. The van der Waals surface area contributed by atoms with E-state index in [0.717, 1.165) is 12.2 Å². The van der Waals surface area contributed by atoms with E-state index in [1.54, 1.807) is 18.4 Å². The van der Waals surface area contributed by atoms with Crippen molar-refractivity contribution in [3.63, 3.8) is 0 Å². The van der Waals surface area contributed by atoms with Gasteiger partial charge in [-0.1, -0.05) is 6.08 Å². The fraction of sp³-hybridized carbons (Fsp3) is 0.267. The van der Waals surface area contributed by atoms with Crippen LogP contribution in [0, 0.1) is 0 Å².